The molecule has 1 aliphatic carbocycles. The maximum absolute atomic E-state index is 13.8. The molecule has 0 aliphatic heterocycles. The van der Waals surface area contributed by atoms with Gasteiger partial charge >= 0.3 is 11.9 Å². The molecule has 1 saturated carbocycles. The largest absolute Gasteiger partial charge is 0.480 e. The Morgan fingerprint density at radius 3 is 2.41 bits per heavy atom. The lowest BCUT2D eigenvalue weighted by molar-refractivity contribution is -0.757. The summed E-state index contributed by atoms with van der Waals surface area (Å²) in [5, 5.41) is 22.2. The van der Waals surface area contributed by atoms with Crippen LogP contribution in [0, 0.1) is 16.0 Å². The van der Waals surface area contributed by atoms with Crippen molar-refractivity contribution in [3.8, 4) is 0 Å². The highest BCUT2D eigenvalue weighted by Crippen LogP contribution is 2.30. The normalized spacial score (nSPS) is 19.4. The van der Waals surface area contributed by atoms with Gasteiger partial charge in [-0.05, 0) is 70.3 Å². The molecule has 0 spiro atoms. The second-order valence-corrected chi connectivity index (χ2v) is 10.3. The number of aliphatic carboxylic acids is 1. The number of hydrogen-bond acceptors (Lipinski definition) is 8. The molecule has 1 fully saturated rings. The third-order valence-corrected chi connectivity index (χ3v) is 7.35. The highest BCUT2D eigenvalue weighted by molar-refractivity contribution is 5.88. The Morgan fingerprint density at radius 2 is 1.77 bits per heavy atom. The topological polar surface area (TPSA) is 148 Å². The fourth-order valence-corrected chi connectivity index (χ4v) is 5.11. The molecule has 0 bridgehead atoms. The molecule has 0 radical (unpaired) electrons. The molecular weight excluding hydrogens is 506 g/mol. The number of carboxylic acids is 1. The molecule has 0 saturated heterocycles. The lowest BCUT2D eigenvalue weighted by Gasteiger charge is -2.42. The number of hydrogen-bond donors (Lipinski definition) is 2. The van der Waals surface area contributed by atoms with Gasteiger partial charge in [0.1, 0.15) is 12.1 Å². The summed E-state index contributed by atoms with van der Waals surface area (Å²) >= 11 is 0. The van der Waals surface area contributed by atoms with Crippen LogP contribution in [-0.4, -0.2) is 70.3 Å². The Balaban J connectivity index is 2.02. The summed E-state index contributed by atoms with van der Waals surface area (Å²) in [5.74, 6) is -1.67. The zero-order chi connectivity index (χ0) is 28.8. The number of benzene rings is 1. The number of ether oxygens (including phenoxy) is 1. The molecule has 5 atom stereocenters. The van der Waals surface area contributed by atoms with Crippen molar-refractivity contribution in [2.75, 3.05) is 13.2 Å². The summed E-state index contributed by atoms with van der Waals surface area (Å²) in [6.07, 6.45) is 6.18. The molecule has 11 nitrogen and oxygen atoms in total. The summed E-state index contributed by atoms with van der Waals surface area (Å²) in [5.41, 5.74) is 1.02. The van der Waals surface area contributed by atoms with Gasteiger partial charge in [0.2, 0.25) is 5.91 Å². The van der Waals surface area contributed by atoms with Crippen LogP contribution in [0.2, 0.25) is 0 Å². The van der Waals surface area contributed by atoms with E-state index >= 15 is 0 Å². The lowest BCUT2D eigenvalue weighted by Crippen LogP contribution is -2.59. The standard InChI is InChI=1S/C28H43N3O8/c1-20-12-8-9-15-25(20)30(22(3)28(35)38-18-10-5-11-19-39-31(36)37)26(32)21(2)29-24(27(33)34)17-16-23-13-6-4-7-14-23/h4,6-7,13-14,20-22,24-25,29H,5,8-12,15-19H2,1-3H3,(H,33,34). The number of carbonyl (C=O) groups is 3. The first-order chi connectivity index (χ1) is 18.6. The van der Waals surface area contributed by atoms with Gasteiger partial charge in [0, 0.05) is 6.04 Å². The molecule has 0 aromatic heterocycles. The highest BCUT2D eigenvalue weighted by atomic mass is 16.9. The monoisotopic (exact) mass is 549 g/mol. The number of carboxylic acid groups (broad SMARTS) is 1. The van der Waals surface area contributed by atoms with E-state index in [0.717, 1.165) is 31.2 Å². The van der Waals surface area contributed by atoms with Gasteiger partial charge in [-0.25, -0.2) is 4.79 Å². The van der Waals surface area contributed by atoms with E-state index in [4.69, 9.17) is 4.74 Å². The molecule has 1 aliphatic rings. The SMILES string of the molecule is CC(NC(CCc1ccccc1)C(=O)O)C(=O)N(C(C)C(=O)OCCCCCO[N+](=O)[O-])C1CCCCC1C. The van der Waals surface area contributed by atoms with Gasteiger partial charge in [0.25, 0.3) is 5.09 Å². The second-order valence-electron chi connectivity index (χ2n) is 10.3. The number of amides is 1. The van der Waals surface area contributed by atoms with Crippen molar-refractivity contribution in [3.05, 3.63) is 46.0 Å². The van der Waals surface area contributed by atoms with Gasteiger partial charge in [0.15, 0.2) is 0 Å². The van der Waals surface area contributed by atoms with E-state index in [0.29, 0.717) is 32.1 Å². The summed E-state index contributed by atoms with van der Waals surface area (Å²) in [6, 6.07) is 6.87. The van der Waals surface area contributed by atoms with E-state index in [1.54, 1.807) is 18.7 Å². The molecule has 1 amide bonds. The molecule has 2 N–H and O–H groups in total. The maximum Gasteiger partial charge on any atom is 0.328 e. The van der Waals surface area contributed by atoms with E-state index < -0.39 is 35.2 Å². The molecular formula is C28H43N3O8. The van der Waals surface area contributed by atoms with Crippen LogP contribution < -0.4 is 5.32 Å². The van der Waals surface area contributed by atoms with Crippen LogP contribution >= 0.6 is 0 Å². The van der Waals surface area contributed by atoms with Crippen molar-refractivity contribution in [2.45, 2.75) is 103 Å². The summed E-state index contributed by atoms with van der Waals surface area (Å²) in [6.45, 7) is 5.51. The van der Waals surface area contributed by atoms with Crippen molar-refractivity contribution in [2.24, 2.45) is 5.92 Å². The Hall–Kier alpha value is -3.21. The molecule has 39 heavy (non-hydrogen) atoms. The minimum Gasteiger partial charge on any atom is -0.480 e. The zero-order valence-corrected chi connectivity index (χ0v) is 23.3. The summed E-state index contributed by atoms with van der Waals surface area (Å²) in [7, 11) is 0. The van der Waals surface area contributed by atoms with Crippen LogP contribution in [-0.2, 0) is 30.4 Å². The Morgan fingerprint density at radius 1 is 1.10 bits per heavy atom. The van der Waals surface area contributed by atoms with Crippen molar-refractivity contribution in [1.82, 2.24) is 10.2 Å². The van der Waals surface area contributed by atoms with Crippen LogP contribution in [0.5, 0.6) is 0 Å². The van der Waals surface area contributed by atoms with Gasteiger partial charge < -0.3 is 19.6 Å². The van der Waals surface area contributed by atoms with E-state index in [1.165, 1.54) is 0 Å². The first-order valence-electron chi connectivity index (χ1n) is 13.9. The second kappa shape index (κ2) is 16.7. The van der Waals surface area contributed by atoms with Crippen LogP contribution in [0.15, 0.2) is 30.3 Å². The maximum atomic E-state index is 13.8. The predicted molar refractivity (Wildman–Crippen MR) is 144 cm³/mol. The van der Waals surface area contributed by atoms with Crippen molar-refractivity contribution >= 4 is 17.8 Å². The smallest absolute Gasteiger partial charge is 0.328 e. The fraction of sp³-hybridized carbons (Fsp3) is 0.679. The molecule has 2 rings (SSSR count). The van der Waals surface area contributed by atoms with Gasteiger partial charge in [-0.2, -0.15) is 0 Å². The molecule has 1 aromatic carbocycles. The molecule has 11 heteroatoms. The summed E-state index contributed by atoms with van der Waals surface area (Å²) < 4.78 is 5.45. The molecule has 1 aromatic rings. The molecule has 218 valence electrons. The van der Waals surface area contributed by atoms with Gasteiger partial charge in [-0.1, -0.05) is 50.1 Å². The average molecular weight is 550 g/mol. The first kappa shape index (κ1) is 32.0. The Kier molecular flexibility index (Phi) is 13.7. The minimum atomic E-state index is -1.03. The van der Waals surface area contributed by atoms with Crippen LogP contribution in [0.4, 0.5) is 0 Å². The van der Waals surface area contributed by atoms with E-state index in [-0.39, 0.29) is 31.1 Å². The average Bonchev–Trinajstić information content (AvgIpc) is 2.91. The predicted octanol–water partition coefficient (Wildman–Crippen LogP) is 3.77. The van der Waals surface area contributed by atoms with Crippen LogP contribution in [0.25, 0.3) is 0 Å². The third kappa shape index (κ3) is 10.8. The minimum absolute atomic E-state index is 0.00717. The van der Waals surface area contributed by atoms with Crippen molar-refractivity contribution in [1.29, 1.82) is 0 Å². The van der Waals surface area contributed by atoms with Crippen LogP contribution in [0.1, 0.15) is 77.7 Å². The third-order valence-electron chi connectivity index (χ3n) is 7.35. The summed E-state index contributed by atoms with van der Waals surface area (Å²) in [4.78, 5) is 54.8. The lowest BCUT2D eigenvalue weighted by atomic mass is 9.84. The van der Waals surface area contributed by atoms with E-state index in [1.807, 2.05) is 30.3 Å². The first-order valence-corrected chi connectivity index (χ1v) is 13.9. The van der Waals surface area contributed by atoms with Crippen molar-refractivity contribution < 1.29 is 34.2 Å². The quantitative estimate of drug-likeness (QED) is 0.128. The number of nitrogens with zero attached hydrogens (tertiary/aromatic N) is 2. The number of nitrogens with one attached hydrogen (secondary N) is 1. The van der Waals surface area contributed by atoms with Crippen LogP contribution in [0.3, 0.4) is 0 Å². The molecule has 5 unspecified atom stereocenters. The number of rotatable bonds is 17. The number of unbranched alkanes of at least 4 members (excludes halogenated alkanes) is 2. The fourth-order valence-electron chi connectivity index (χ4n) is 5.11. The van der Waals surface area contributed by atoms with Gasteiger partial charge in [-0.3, -0.25) is 14.9 Å². The molecule has 0 heterocycles. The van der Waals surface area contributed by atoms with Gasteiger partial charge in [0.05, 0.1) is 19.3 Å². The van der Waals surface area contributed by atoms with E-state index in [9.17, 15) is 29.6 Å². The highest BCUT2D eigenvalue weighted by Gasteiger charge is 2.39. The number of carbonyl (C=O) groups excluding carboxylic acids is 2. The Labute approximate surface area is 230 Å². The van der Waals surface area contributed by atoms with Crippen molar-refractivity contribution in [3.63, 3.8) is 0 Å². The van der Waals surface area contributed by atoms with Gasteiger partial charge in [-0.15, -0.1) is 10.1 Å². The zero-order valence-electron chi connectivity index (χ0n) is 23.3. The Bertz CT molecular complexity index is 929. The number of esters is 1. The number of aryl methyl sites for hydroxylation is 1. The van der Waals surface area contributed by atoms with E-state index in [2.05, 4.69) is 17.1 Å².